The van der Waals surface area contributed by atoms with Gasteiger partial charge >= 0.3 is 5.97 Å². The lowest BCUT2D eigenvalue weighted by atomic mass is 10.1. The summed E-state index contributed by atoms with van der Waals surface area (Å²) in [5, 5.41) is 11.8. The van der Waals surface area contributed by atoms with E-state index in [1.807, 2.05) is 13.0 Å². The molecule has 0 atom stereocenters. The van der Waals surface area contributed by atoms with Crippen molar-refractivity contribution in [2.45, 2.75) is 20.3 Å². The second-order valence-corrected chi connectivity index (χ2v) is 4.85. The monoisotopic (exact) mass is 284 g/mol. The smallest absolute Gasteiger partial charge is 0.337 e. The van der Waals surface area contributed by atoms with Gasteiger partial charge in [-0.15, -0.1) is 0 Å². The van der Waals surface area contributed by atoms with Crippen LogP contribution in [0, 0.1) is 13.8 Å². The van der Waals surface area contributed by atoms with Crippen LogP contribution in [0.4, 0.5) is 5.69 Å². The fourth-order valence-electron chi connectivity index (χ4n) is 1.99. The number of aromatic carboxylic acids is 1. The summed E-state index contributed by atoms with van der Waals surface area (Å²) >= 11 is 0. The topological polar surface area (TPSA) is 79.3 Å². The molecule has 5 heteroatoms. The summed E-state index contributed by atoms with van der Waals surface area (Å²) in [5.41, 5.74) is 2.81. The molecule has 1 amide bonds. The Bertz CT molecular complexity index is 696. The van der Waals surface area contributed by atoms with E-state index in [2.05, 4.69) is 10.3 Å². The van der Waals surface area contributed by atoms with Crippen molar-refractivity contribution in [3.8, 4) is 0 Å². The number of carbonyl (C=O) groups is 2. The first-order valence-electron chi connectivity index (χ1n) is 6.51. The third-order valence-corrected chi connectivity index (χ3v) is 3.13. The maximum atomic E-state index is 12.0. The van der Waals surface area contributed by atoms with Crippen LogP contribution in [-0.4, -0.2) is 22.0 Å². The zero-order chi connectivity index (χ0) is 15.4. The number of carboxylic acids is 1. The summed E-state index contributed by atoms with van der Waals surface area (Å²) < 4.78 is 0. The fraction of sp³-hybridized carbons (Fsp3) is 0.188. The van der Waals surface area contributed by atoms with Crippen LogP contribution in [0.25, 0.3) is 0 Å². The number of carbonyl (C=O) groups excluding carboxylic acids is 1. The Kier molecular flexibility index (Phi) is 4.33. The number of aromatic nitrogens is 1. The zero-order valence-corrected chi connectivity index (χ0v) is 11.9. The first kappa shape index (κ1) is 14.7. The molecule has 2 rings (SSSR count). The van der Waals surface area contributed by atoms with Gasteiger partial charge < -0.3 is 10.4 Å². The minimum atomic E-state index is -1.07. The van der Waals surface area contributed by atoms with Crippen LogP contribution in [0.1, 0.15) is 27.2 Å². The first-order valence-corrected chi connectivity index (χ1v) is 6.51. The Morgan fingerprint density at radius 2 is 2.00 bits per heavy atom. The van der Waals surface area contributed by atoms with Crippen molar-refractivity contribution in [3.63, 3.8) is 0 Å². The first-order chi connectivity index (χ1) is 9.97. The number of pyridine rings is 1. The van der Waals surface area contributed by atoms with Gasteiger partial charge in [-0.1, -0.05) is 17.7 Å². The molecule has 108 valence electrons. The van der Waals surface area contributed by atoms with Gasteiger partial charge in [-0.05, 0) is 37.6 Å². The van der Waals surface area contributed by atoms with Gasteiger partial charge in [0.1, 0.15) is 0 Å². The molecule has 2 N–H and O–H groups in total. The van der Waals surface area contributed by atoms with Crippen molar-refractivity contribution < 1.29 is 14.7 Å². The summed E-state index contributed by atoms with van der Waals surface area (Å²) in [6.07, 6.45) is 1.74. The molecule has 5 nitrogen and oxygen atoms in total. The molecule has 0 spiro atoms. The second kappa shape index (κ2) is 6.17. The quantitative estimate of drug-likeness (QED) is 0.904. The lowest BCUT2D eigenvalue weighted by Gasteiger charge is -2.10. The van der Waals surface area contributed by atoms with Gasteiger partial charge in [-0.25, -0.2) is 4.79 Å². The van der Waals surface area contributed by atoms with Crippen LogP contribution in [0.3, 0.4) is 0 Å². The SMILES string of the molecule is Cc1ccc(NC(=O)Cc2ncccc2C)c(C(=O)O)c1. The standard InChI is InChI=1S/C16H16N2O3/c1-10-5-6-13(12(8-10)16(20)21)18-15(19)9-14-11(2)4-3-7-17-14/h3-8H,9H2,1-2H3,(H,18,19)(H,20,21). The highest BCUT2D eigenvalue weighted by molar-refractivity contribution is 6.01. The number of nitrogens with zero attached hydrogens (tertiary/aromatic N) is 1. The molecule has 0 fully saturated rings. The van der Waals surface area contributed by atoms with E-state index in [1.165, 1.54) is 6.07 Å². The Morgan fingerprint density at radius 1 is 1.24 bits per heavy atom. The molecule has 1 heterocycles. The molecule has 1 aromatic heterocycles. The highest BCUT2D eigenvalue weighted by Gasteiger charge is 2.14. The molecular formula is C16H16N2O3. The lowest BCUT2D eigenvalue weighted by Crippen LogP contribution is -2.18. The van der Waals surface area contributed by atoms with Gasteiger partial charge in [0, 0.05) is 6.20 Å². The van der Waals surface area contributed by atoms with E-state index in [0.29, 0.717) is 11.4 Å². The van der Waals surface area contributed by atoms with E-state index in [-0.39, 0.29) is 17.9 Å². The van der Waals surface area contributed by atoms with Crippen molar-refractivity contribution >= 4 is 17.6 Å². The number of aryl methyl sites for hydroxylation is 2. The predicted molar refractivity (Wildman–Crippen MR) is 79.4 cm³/mol. The Hall–Kier alpha value is -2.69. The average Bonchev–Trinajstić information content (AvgIpc) is 2.43. The molecule has 0 unspecified atom stereocenters. The lowest BCUT2D eigenvalue weighted by molar-refractivity contribution is -0.115. The van der Waals surface area contributed by atoms with Crippen LogP contribution in [0.5, 0.6) is 0 Å². The van der Waals surface area contributed by atoms with E-state index in [1.54, 1.807) is 31.3 Å². The van der Waals surface area contributed by atoms with Crippen LogP contribution in [0.15, 0.2) is 36.5 Å². The van der Waals surface area contributed by atoms with Crippen molar-refractivity contribution in [3.05, 3.63) is 58.9 Å². The molecular weight excluding hydrogens is 268 g/mol. The molecule has 0 radical (unpaired) electrons. The number of amides is 1. The highest BCUT2D eigenvalue weighted by Crippen LogP contribution is 2.18. The molecule has 0 aliphatic rings. The third kappa shape index (κ3) is 3.66. The van der Waals surface area contributed by atoms with Crippen molar-refractivity contribution in [1.82, 2.24) is 4.98 Å². The Morgan fingerprint density at radius 3 is 2.67 bits per heavy atom. The minimum Gasteiger partial charge on any atom is -0.478 e. The van der Waals surface area contributed by atoms with Crippen LogP contribution >= 0.6 is 0 Å². The molecule has 21 heavy (non-hydrogen) atoms. The summed E-state index contributed by atoms with van der Waals surface area (Å²) in [7, 11) is 0. The van der Waals surface area contributed by atoms with Gasteiger partial charge in [-0.2, -0.15) is 0 Å². The van der Waals surface area contributed by atoms with Crippen molar-refractivity contribution in [2.24, 2.45) is 0 Å². The average molecular weight is 284 g/mol. The number of nitrogens with one attached hydrogen (secondary N) is 1. The van der Waals surface area contributed by atoms with Crippen LogP contribution in [0.2, 0.25) is 0 Å². The van der Waals surface area contributed by atoms with Gasteiger partial charge in [0.25, 0.3) is 0 Å². The number of anilines is 1. The number of benzene rings is 1. The Balaban J connectivity index is 2.17. The second-order valence-electron chi connectivity index (χ2n) is 4.85. The fourth-order valence-corrected chi connectivity index (χ4v) is 1.99. The Labute approximate surface area is 122 Å². The number of carboxylic acid groups (broad SMARTS) is 1. The van der Waals surface area contributed by atoms with Gasteiger partial charge in [0.2, 0.25) is 5.91 Å². The molecule has 0 aliphatic carbocycles. The third-order valence-electron chi connectivity index (χ3n) is 3.13. The van der Waals surface area contributed by atoms with Crippen molar-refractivity contribution in [1.29, 1.82) is 0 Å². The van der Waals surface area contributed by atoms with E-state index >= 15 is 0 Å². The largest absolute Gasteiger partial charge is 0.478 e. The summed E-state index contributed by atoms with van der Waals surface area (Å²) in [5.74, 6) is -1.36. The van der Waals surface area contributed by atoms with E-state index in [0.717, 1.165) is 11.1 Å². The number of rotatable bonds is 4. The molecule has 0 bridgehead atoms. The number of hydrogen-bond donors (Lipinski definition) is 2. The molecule has 0 saturated carbocycles. The molecule has 0 saturated heterocycles. The molecule has 1 aromatic carbocycles. The maximum absolute atomic E-state index is 12.0. The van der Waals surface area contributed by atoms with E-state index in [9.17, 15) is 14.7 Å². The molecule has 2 aromatic rings. The van der Waals surface area contributed by atoms with Gasteiger partial charge in [0.15, 0.2) is 0 Å². The normalized spacial score (nSPS) is 10.2. The summed E-state index contributed by atoms with van der Waals surface area (Å²) in [6.45, 7) is 3.68. The zero-order valence-electron chi connectivity index (χ0n) is 11.9. The van der Waals surface area contributed by atoms with Gasteiger partial charge in [0.05, 0.1) is 23.4 Å². The highest BCUT2D eigenvalue weighted by atomic mass is 16.4. The summed E-state index contributed by atoms with van der Waals surface area (Å²) in [6, 6.07) is 8.57. The van der Waals surface area contributed by atoms with E-state index < -0.39 is 5.97 Å². The number of hydrogen-bond acceptors (Lipinski definition) is 3. The summed E-state index contributed by atoms with van der Waals surface area (Å²) in [4.78, 5) is 27.4. The van der Waals surface area contributed by atoms with Crippen molar-refractivity contribution in [2.75, 3.05) is 5.32 Å². The molecule has 0 aliphatic heterocycles. The maximum Gasteiger partial charge on any atom is 0.337 e. The van der Waals surface area contributed by atoms with E-state index in [4.69, 9.17) is 0 Å². The minimum absolute atomic E-state index is 0.0843. The van der Waals surface area contributed by atoms with Crippen LogP contribution in [-0.2, 0) is 11.2 Å². The van der Waals surface area contributed by atoms with Crippen LogP contribution < -0.4 is 5.32 Å². The predicted octanol–water partition coefficient (Wildman–Crippen LogP) is 2.58. The van der Waals surface area contributed by atoms with Gasteiger partial charge in [-0.3, -0.25) is 9.78 Å².